The number of hydrogen-bond acceptors (Lipinski definition) is 1. The van der Waals surface area contributed by atoms with Crippen LogP contribution in [0, 0.1) is 18.4 Å². The molecule has 0 aliphatic heterocycles. The Kier molecular flexibility index (Phi) is 3.54. The van der Waals surface area contributed by atoms with Crippen molar-refractivity contribution in [1.29, 1.82) is 0 Å². The Balaban J connectivity index is 3.89. The van der Waals surface area contributed by atoms with Crippen molar-refractivity contribution in [2.24, 2.45) is 10.9 Å². The van der Waals surface area contributed by atoms with Crippen molar-refractivity contribution in [2.75, 3.05) is 7.05 Å². The van der Waals surface area contributed by atoms with Crippen molar-refractivity contribution in [3.63, 3.8) is 0 Å². The Morgan fingerprint density at radius 3 is 2.33 bits per heavy atom. The summed E-state index contributed by atoms with van der Waals surface area (Å²) in [5.41, 5.74) is 0. The summed E-state index contributed by atoms with van der Waals surface area (Å²) in [6, 6.07) is 2.32. The smallest absolute Gasteiger partial charge is 0.110 e. The molecule has 0 fully saturated rings. The van der Waals surface area contributed by atoms with E-state index in [9.17, 15) is 0 Å². The van der Waals surface area contributed by atoms with E-state index in [1.165, 1.54) is 0 Å². The van der Waals surface area contributed by atoms with Gasteiger partial charge < -0.3 is 5.32 Å². The lowest BCUT2D eigenvalue weighted by molar-refractivity contribution is 0.850. The maximum atomic E-state index is 5.00. The molecule has 50 valence electrons. The number of nitrogens with one attached hydrogen (secondary N) is 1. The molecule has 0 aliphatic carbocycles. The third-order valence-corrected chi connectivity index (χ3v) is 0.988. The molecule has 0 aromatic carbocycles. The van der Waals surface area contributed by atoms with Gasteiger partial charge in [-0.25, -0.2) is 0 Å². The zero-order chi connectivity index (χ0) is 7.28. The highest BCUT2D eigenvalue weighted by atomic mass is 15.0. The van der Waals surface area contributed by atoms with Crippen molar-refractivity contribution in [2.45, 2.75) is 13.8 Å². The fourth-order valence-corrected chi connectivity index (χ4v) is 0.532. The molecule has 0 rings (SSSR count). The van der Waals surface area contributed by atoms with Crippen LogP contribution >= 0.6 is 0 Å². The minimum absolute atomic E-state index is 0.381. The van der Waals surface area contributed by atoms with Gasteiger partial charge in [0.1, 0.15) is 5.84 Å². The van der Waals surface area contributed by atoms with E-state index in [-0.39, 0.29) is 0 Å². The number of amidine groups is 1. The van der Waals surface area contributed by atoms with Crippen molar-refractivity contribution in [1.82, 2.24) is 5.32 Å². The van der Waals surface area contributed by atoms with Crippen molar-refractivity contribution >= 4 is 5.84 Å². The van der Waals surface area contributed by atoms with Gasteiger partial charge in [-0.2, -0.15) is 0 Å². The molecule has 0 aliphatic rings. The van der Waals surface area contributed by atoms with Gasteiger partial charge in [-0.3, -0.25) is 4.99 Å². The quantitative estimate of drug-likeness (QED) is 0.238. The van der Waals surface area contributed by atoms with Gasteiger partial charge in [-0.05, 0) is 0 Å². The van der Waals surface area contributed by atoms with Gasteiger partial charge in [0.15, 0.2) is 0 Å². The average molecular weight is 124 g/mol. The molecular weight excluding hydrogens is 112 g/mol. The standard InChI is InChI=1S/C7H12N2/c1-5-9-7(8-4)6(2)3/h1,6H,2-4H3,(H,8,9). The summed E-state index contributed by atoms with van der Waals surface area (Å²) < 4.78 is 0. The highest BCUT2D eigenvalue weighted by molar-refractivity contribution is 5.85. The molecule has 0 aromatic heterocycles. The van der Waals surface area contributed by atoms with Crippen LogP contribution in [0.5, 0.6) is 0 Å². The van der Waals surface area contributed by atoms with E-state index in [4.69, 9.17) is 6.42 Å². The van der Waals surface area contributed by atoms with E-state index >= 15 is 0 Å². The summed E-state index contributed by atoms with van der Waals surface area (Å²) >= 11 is 0. The van der Waals surface area contributed by atoms with E-state index < -0.39 is 0 Å². The van der Waals surface area contributed by atoms with Crippen LogP contribution in [-0.4, -0.2) is 12.9 Å². The Morgan fingerprint density at radius 1 is 1.67 bits per heavy atom. The molecule has 9 heavy (non-hydrogen) atoms. The Labute approximate surface area is 56.4 Å². The molecule has 0 amide bonds. The Morgan fingerprint density at radius 2 is 2.22 bits per heavy atom. The molecular formula is C7H12N2. The van der Waals surface area contributed by atoms with Crippen LogP contribution in [0.3, 0.4) is 0 Å². The first-order chi connectivity index (χ1) is 4.22. The van der Waals surface area contributed by atoms with Crippen LogP contribution < -0.4 is 5.32 Å². The maximum absolute atomic E-state index is 5.00. The monoisotopic (exact) mass is 124 g/mol. The molecule has 2 heteroatoms. The predicted octanol–water partition coefficient (Wildman–Crippen LogP) is 0.851. The second kappa shape index (κ2) is 3.96. The zero-order valence-electron chi connectivity index (χ0n) is 6.10. The molecule has 0 unspecified atom stereocenters. The van der Waals surface area contributed by atoms with Crippen molar-refractivity contribution < 1.29 is 0 Å². The highest BCUT2D eigenvalue weighted by Gasteiger charge is 1.99. The summed E-state index contributed by atoms with van der Waals surface area (Å²) in [6.07, 6.45) is 5.00. The molecule has 0 saturated carbocycles. The first kappa shape index (κ1) is 8.03. The summed E-state index contributed by atoms with van der Waals surface area (Å²) in [7, 11) is 1.72. The first-order valence-corrected chi connectivity index (χ1v) is 2.90. The molecule has 0 spiro atoms. The number of hydrogen-bond donors (Lipinski definition) is 1. The summed E-state index contributed by atoms with van der Waals surface area (Å²) in [5.74, 6) is 1.24. The second-order valence-corrected chi connectivity index (χ2v) is 2.03. The minimum atomic E-state index is 0.381. The molecule has 0 atom stereocenters. The number of nitrogens with zero attached hydrogens (tertiary/aromatic N) is 1. The zero-order valence-corrected chi connectivity index (χ0v) is 6.10. The lowest BCUT2D eigenvalue weighted by Gasteiger charge is -2.05. The molecule has 0 saturated heterocycles. The molecule has 0 radical (unpaired) electrons. The van der Waals surface area contributed by atoms with Crippen molar-refractivity contribution in [3.05, 3.63) is 0 Å². The van der Waals surface area contributed by atoms with Crippen LogP contribution in [-0.2, 0) is 0 Å². The molecule has 0 bridgehead atoms. The van der Waals surface area contributed by atoms with E-state index in [0.717, 1.165) is 5.84 Å². The third-order valence-electron chi connectivity index (χ3n) is 0.988. The van der Waals surface area contributed by atoms with Gasteiger partial charge in [-0.1, -0.05) is 20.3 Å². The van der Waals surface area contributed by atoms with Crippen LogP contribution in [0.25, 0.3) is 0 Å². The molecule has 0 aromatic rings. The molecule has 0 heterocycles. The van der Waals surface area contributed by atoms with E-state index in [2.05, 4.69) is 16.4 Å². The summed E-state index contributed by atoms with van der Waals surface area (Å²) in [6.45, 7) is 4.07. The average Bonchev–Trinajstić information content (AvgIpc) is 1.82. The van der Waals surface area contributed by atoms with E-state index in [1.54, 1.807) is 7.05 Å². The van der Waals surface area contributed by atoms with E-state index in [1.807, 2.05) is 13.8 Å². The normalized spacial score (nSPS) is 11.2. The minimum Gasteiger partial charge on any atom is -0.303 e. The van der Waals surface area contributed by atoms with Crippen molar-refractivity contribution in [3.8, 4) is 12.5 Å². The number of aliphatic imine (C=N–C) groups is 1. The maximum Gasteiger partial charge on any atom is 0.110 e. The largest absolute Gasteiger partial charge is 0.303 e. The Bertz CT molecular complexity index is 139. The SMILES string of the molecule is C#CN/C(=N\C)C(C)C. The summed E-state index contributed by atoms with van der Waals surface area (Å²) in [4.78, 5) is 3.94. The highest BCUT2D eigenvalue weighted by Crippen LogP contribution is 1.91. The molecule has 1 N–H and O–H groups in total. The third kappa shape index (κ3) is 2.76. The van der Waals surface area contributed by atoms with Crippen LogP contribution in [0.4, 0.5) is 0 Å². The Hall–Kier alpha value is -0.970. The lowest BCUT2D eigenvalue weighted by Crippen LogP contribution is -2.23. The van der Waals surface area contributed by atoms with Gasteiger partial charge in [0.2, 0.25) is 0 Å². The first-order valence-electron chi connectivity index (χ1n) is 2.90. The summed E-state index contributed by atoms with van der Waals surface area (Å²) in [5, 5.41) is 2.71. The van der Waals surface area contributed by atoms with Crippen LogP contribution in [0.15, 0.2) is 4.99 Å². The van der Waals surface area contributed by atoms with Gasteiger partial charge in [-0.15, -0.1) is 0 Å². The van der Waals surface area contributed by atoms with Gasteiger partial charge >= 0.3 is 0 Å². The number of terminal acetylenes is 1. The second-order valence-electron chi connectivity index (χ2n) is 2.03. The lowest BCUT2D eigenvalue weighted by atomic mass is 10.2. The van der Waals surface area contributed by atoms with Gasteiger partial charge in [0.25, 0.3) is 0 Å². The fourth-order valence-electron chi connectivity index (χ4n) is 0.532. The van der Waals surface area contributed by atoms with Crippen LogP contribution in [0.2, 0.25) is 0 Å². The van der Waals surface area contributed by atoms with Gasteiger partial charge in [0, 0.05) is 19.0 Å². The van der Waals surface area contributed by atoms with Gasteiger partial charge in [0.05, 0.1) is 0 Å². The van der Waals surface area contributed by atoms with E-state index in [0.29, 0.717) is 5.92 Å². The predicted molar refractivity (Wildman–Crippen MR) is 40.2 cm³/mol. The van der Waals surface area contributed by atoms with Crippen LogP contribution in [0.1, 0.15) is 13.8 Å². The fraction of sp³-hybridized carbons (Fsp3) is 0.571. The molecule has 2 nitrogen and oxygen atoms in total. The topological polar surface area (TPSA) is 24.4 Å². The number of rotatable bonds is 1.